The summed E-state index contributed by atoms with van der Waals surface area (Å²) < 4.78 is 16.5. The second kappa shape index (κ2) is 10.2. The van der Waals surface area contributed by atoms with E-state index in [-0.39, 0.29) is 18.3 Å². The standard InChI is InChI=1S/C19H22N2O4S.ClH/c1-23-13-3-5-15(20)16(11-13)21-19(22)7-10-26-14-4-6-17-18(12-14)25-9-2-8-24-17;/h3-6,11-12H,2,7-10,20H2,1H3,(H,21,22);1H. The van der Waals surface area contributed by atoms with Gasteiger partial charge in [0.25, 0.3) is 0 Å². The molecule has 2 aromatic carbocycles. The normalized spacial score (nSPS) is 12.5. The molecule has 0 unspecified atom stereocenters. The molecular formula is C19H23ClN2O4S. The SMILES string of the molecule is COc1ccc(N)c(NC(=O)CCSc2ccc3c(c2)OCCCO3)c1.Cl. The van der Waals surface area contributed by atoms with Crippen LogP contribution in [0.4, 0.5) is 11.4 Å². The Kier molecular flexibility index (Phi) is 7.94. The van der Waals surface area contributed by atoms with Crippen LogP contribution in [0.1, 0.15) is 12.8 Å². The van der Waals surface area contributed by atoms with Crippen molar-refractivity contribution in [1.82, 2.24) is 0 Å². The molecule has 3 N–H and O–H groups in total. The number of fused-ring (bicyclic) bond motifs is 1. The Morgan fingerprint density at radius 1 is 1.19 bits per heavy atom. The second-order valence-electron chi connectivity index (χ2n) is 5.76. The Morgan fingerprint density at radius 3 is 2.74 bits per heavy atom. The Hall–Kier alpha value is -2.25. The van der Waals surface area contributed by atoms with E-state index in [1.54, 1.807) is 37.1 Å². The lowest BCUT2D eigenvalue weighted by Gasteiger charge is -2.11. The number of rotatable bonds is 6. The number of benzene rings is 2. The number of carbonyl (C=O) groups excluding carboxylic acids is 1. The first kappa shape index (κ1) is 21.1. The minimum Gasteiger partial charge on any atom is -0.497 e. The molecule has 1 aliphatic heterocycles. The number of halogens is 1. The van der Waals surface area contributed by atoms with Gasteiger partial charge in [0.1, 0.15) is 5.75 Å². The van der Waals surface area contributed by atoms with Crippen molar-refractivity contribution in [3.63, 3.8) is 0 Å². The number of hydrogen-bond acceptors (Lipinski definition) is 6. The number of ether oxygens (including phenoxy) is 3. The molecule has 0 saturated heterocycles. The lowest BCUT2D eigenvalue weighted by molar-refractivity contribution is -0.115. The molecule has 1 amide bonds. The summed E-state index contributed by atoms with van der Waals surface area (Å²) in [4.78, 5) is 13.2. The Bertz CT molecular complexity index is 788. The molecule has 0 aromatic heterocycles. The van der Waals surface area contributed by atoms with Crippen LogP contribution < -0.4 is 25.3 Å². The van der Waals surface area contributed by atoms with Crippen molar-refractivity contribution in [2.24, 2.45) is 0 Å². The highest BCUT2D eigenvalue weighted by Crippen LogP contribution is 2.34. The highest BCUT2D eigenvalue weighted by molar-refractivity contribution is 7.99. The Balaban J connectivity index is 0.00000261. The largest absolute Gasteiger partial charge is 0.497 e. The van der Waals surface area contributed by atoms with E-state index in [2.05, 4.69) is 5.32 Å². The van der Waals surface area contributed by atoms with E-state index in [0.717, 1.165) is 22.8 Å². The number of methoxy groups -OCH3 is 1. The van der Waals surface area contributed by atoms with Crippen molar-refractivity contribution >= 4 is 41.5 Å². The van der Waals surface area contributed by atoms with Crippen LogP contribution in [0.25, 0.3) is 0 Å². The van der Waals surface area contributed by atoms with Crippen molar-refractivity contribution in [2.45, 2.75) is 17.7 Å². The molecule has 0 bridgehead atoms. The van der Waals surface area contributed by atoms with Gasteiger partial charge in [-0.3, -0.25) is 4.79 Å². The van der Waals surface area contributed by atoms with E-state index in [0.29, 0.717) is 42.5 Å². The first-order valence-corrected chi connectivity index (χ1v) is 9.40. The smallest absolute Gasteiger partial charge is 0.225 e. The van der Waals surface area contributed by atoms with E-state index < -0.39 is 0 Å². The highest BCUT2D eigenvalue weighted by Gasteiger charge is 2.12. The predicted octanol–water partition coefficient (Wildman–Crippen LogP) is 3.98. The number of nitrogens with one attached hydrogen (secondary N) is 1. The molecule has 0 spiro atoms. The highest BCUT2D eigenvalue weighted by atomic mass is 35.5. The van der Waals surface area contributed by atoms with Gasteiger partial charge in [0.15, 0.2) is 11.5 Å². The third-order valence-corrected chi connectivity index (χ3v) is 4.85. The summed E-state index contributed by atoms with van der Waals surface area (Å²) in [6.45, 7) is 1.33. The summed E-state index contributed by atoms with van der Waals surface area (Å²) >= 11 is 1.60. The number of hydrogen-bond donors (Lipinski definition) is 2. The van der Waals surface area contributed by atoms with Crippen LogP contribution in [0.15, 0.2) is 41.3 Å². The van der Waals surface area contributed by atoms with Crippen LogP contribution in [0.5, 0.6) is 17.2 Å². The molecule has 0 radical (unpaired) electrons. The molecule has 0 atom stereocenters. The van der Waals surface area contributed by atoms with Crippen LogP contribution >= 0.6 is 24.2 Å². The molecule has 3 rings (SSSR count). The van der Waals surface area contributed by atoms with Crippen molar-refractivity contribution < 1.29 is 19.0 Å². The number of amides is 1. The minimum absolute atomic E-state index is 0. The molecule has 0 fully saturated rings. The van der Waals surface area contributed by atoms with Gasteiger partial charge in [0.05, 0.1) is 31.7 Å². The topological polar surface area (TPSA) is 82.8 Å². The van der Waals surface area contributed by atoms with Gasteiger partial charge >= 0.3 is 0 Å². The monoisotopic (exact) mass is 410 g/mol. The molecule has 8 heteroatoms. The zero-order chi connectivity index (χ0) is 18.4. The molecule has 0 aliphatic carbocycles. The summed E-state index contributed by atoms with van der Waals surface area (Å²) in [6, 6.07) is 11.0. The van der Waals surface area contributed by atoms with Gasteiger partial charge in [-0.15, -0.1) is 24.2 Å². The fraction of sp³-hybridized carbons (Fsp3) is 0.316. The van der Waals surface area contributed by atoms with Crippen molar-refractivity contribution in [3.8, 4) is 17.2 Å². The van der Waals surface area contributed by atoms with Gasteiger partial charge in [-0.1, -0.05) is 0 Å². The van der Waals surface area contributed by atoms with Gasteiger partial charge < -0.3 is 25.3 Å². The molecule has 1 aliphatic rings. The maximum Gasteiger partial charge on any atom is 0.225 e. The Labute approximate surface area is 169 Å². The summed E-state index contributed by atoms with van der Waals surface area (Å²) in [5, 5.41) is 2.83. The van der Waals surface area contributed by atoms with Crippen LogP contribution in [0, 0.1) is 0 Å². The molecule has 146 valence electrons. The number of carbonyl (C=O) groups is 1. The van der Waals surface area contributed by atoms with Crippen molar-refractivity contribution in [1.29, 1.82) is 0 Å². The molecule has 2 aromatic rings. The summed E-state index contributed by atoms with van der Waals surface area (Å²) in [5.41, 5.74) is 6.96. The summed E-state index contributed by atoms with van der Waals surface area (Å²) in [6.07, 6.45) is 1.25. The average molecular weight is 411 g/mol. The third-order valence-electron chi connectivity index (χ3n) is 3.85. The third kappa shape index (κ3) is 5.87. The lowest BCUT2D eigenvalue weighted by Crippen LogP contribution is -2.13. The van der Waals surface area contributed by atoms with Crippen LogP contribution in [-0.2, 0) is 4.79 Å². The zero-order valence-corrected chi connectivity index (χ0v) is 16.7. The van der Waals surface area contributed by atoms with Crippen molar-refractivity contribution in [3.05, 3.63) is 36.4 Å². The van der Waals surface area contributed by atoms with E-state index >= 15 is 0 Å². The molecule has 0 saturated carbocycles. The number of nitrogens with two attached hydrogens (primary N) is 1. The van der Waals surface area contributed by atoms with Crippen LogP contribution in [-0.4, -0.2) is 32.0 Å². The lowest BCUT2D eigenvalue weighted by atomic mass is 10.2. The molecule has 6 nitrogen and oxygen atoms in total. The first-order chi connectivity index (χ1) is 12.7. The van der Waals surface area contributed by atoms with Crippen LogP contribution in [0.3, 0.4) is 0 Å². The number of nitrogen functional groups attached to an aromatic ring is 1. The zero-order valence-electron chi connectivity index (χ0n) is 15.0. The van der Waals surface area contributed by atoms with Gasteiger partial charge in [-0.05, 0) is 30.3 Å². The molecule has 27 heavy (non-hydrogen) atoms. The quantitative estimate of drug-likeness (QED) is 0.553. The first-order valence-electron chi connectivity index (χ1n) is 8.41. The van der Waals surface area contributed by atoms with Gasteiger partial charge in [0, 0.05) is 29.6 Å². The number of anilines is 2. The summed E-state index contributed by atoms with van der Waals surface area (Å²) in [5.74, 6) is 2.75. The fourth-order valence-corrected chi connectivity index (χ4v) is 3.36. The van der Waals surface area contributed by atoms with E-state index in [9.17, 15) is 4.79 Å². The van der Waals surface area contributed by atoms with E-state index in [4.69, 9.17) is 19.9 Å². The Morgan fingerprint density at radius 2 is 1.96 bits per heavy atom. The minimum atomic E-state index is -0.0909. The van der Waals surface area contributed by atoms with Gasteiger partial charge in [-0.2, -0.15) is 0 Å². The second-order valence-corrected chi connectivity index (χ2v) is 6.93. The summed E-state index contributed by atoms with van der Waals surface area (Å²) in [7, 11) is 1.57. The van der Waals surface area contributed by atoms with Gasteiger partial charge in [0.2, 0.25) is 5.91 Å². The average Bonchev–Trinajstić information content (AvgIpc) is 2.88. The maximum absolute atomic E-state index is 12.2. The van der Waals surface area contributed by atoms with E-state index in [1.165, 1.54) is 0 Å². The molecular weight excluding hydrogens is 388 g/mol. The predicted molar refractivity (Wildman–Crippen MR) is 111 cm³/mol. The number of thioether (sulfide) groups is 1. The van der Waals surface area contributed by atoms with E-state index in [1.807, 2.05) is 18.2 Å². The van der Waals surface area contributed by atoms with Crippen LogP contribution in [0.2, 0.25) is 0 Å². The van der Waals surface area contributed by atoms with Gasteiger partial charge in [-0.25, -0.2) is 0 Å². The fourth-order valence-electron chi connectivity index (χ4n) is 2.48. The van der Waals surface area contributed by atoms with Crippen molar-refractivity contribution in [2.75, 3.05) is 37.1 Å². The molecule has 1 heterocycles. The maximum atomic E-state index is 12.2.